The van der Waals surface area contributed by atoms with E-state index in [4.69, 9.17) is 4.74 Å². The van der Waals surface area contributed by atoms with Crippen LogP contribution < -0.4 is 0 Å². The summed E-state index contributed by atoms with van der Waals surface area (Å²) in [6.45, 7) is -0.431. The first-order valence-electron chi connectivity index (χ1n) is 8.47. The molecule has 0 aliphatic carbocycles. The molecule has 7 heteroatoms. The molecule has 0 saturated heterocycles. The van der Waals surface area contributed by atoms with Gasteiger partial charge in [0.2, 0.25) is 11.5 Å². The van der Waals surface area contributed by atoms with Gasteiger partial charge >= 0.3 is 5.97 Å². The van der Waals surface area contributed by atoms with E-state index in [1.165, 1.54) is 4.90 Å². The molecule has 0 unspecified atom stereocenters. The van der Waals surface area contributed by atoms with E-state index in [1.807, 2.05) is 60.7 Å². The molecule has 0 spiro atoms. The molecule has 142 valence electrons. The Balaban J connectivity index is 2.07. The lowest BCUT2D eigenvalue weighted by Crippen LogP contribution is -2.59. The van der Waals surface area contributed by atoms with Crippen molar-refractivity contribution in [1.82, 2.24) is 4.90 Å². The van der Waals surface area contributed by atoms with Crippen LogP contribution in [0.5, 0.6) is 0 Å². The molecule has 0 bridgehead atoms. The van der Waals surface area contributed by atoms with Crippen LogP contribution in [0.2, 0.25) is 0 Å². The van der Waals surface area contributed by atoms with Crippen molar-refractivity contribution in [3.63, 3.8) is 0 Å². The van der Waals surface area contributed by atoms with E-state index < -0.39 is 35.9 Å². The molecule has 0 saturated carbocycles. The topological polar surface area (TPSA) is 110 Å². The van der Waals surface area contributed by atoms with Crippen molar-refractivity contribution >= 4 is 5.97 Å². The van der Waals surface area contributed by atoms with Crippen LogP contribution in [-0.2, 0) is 22.6 Å². The van der Waals surface area contributed by atoms with E-state index in [1.54, 1.807) is 0 Å². The average Bonchev–Trinajstić information content (AvgIpc) is 2.93. The van der Waals surface area contributed by atoms with Crippen molar-refractivity contribution in [2.75, 3.05) is 6.61 Å². The van der Waals surface area contributed by atoms with Crippen molar-refractivity contribution in [2.24, 2.45) is 0 Å². The zero-order valence-electron chi connectivity index (χ0n) is 14.5. The van der Waals surface area contributed by atoms with Gasteiger partial charge in [0.25, 0.3) is 5.72 Å². The van der Waals surface area contributed by atoms with Crippen molar-refractivity contribution < 1.29 is 30.0 Å². The molecule has 2 aromatic carbocycles. The normalized spacial score (nSPS) is 20.8. The van der Waals surface area contributed by atoms with E-state index in [-0.39, 0.29) is 13.1 Å². The van der Waals surface area contributed by atoms with Crippen molar-refractivity contribution in [3.8, 4) is 0 Å². The van der Waals surface area contributed by atoms with Gasteiger partial charge in [0.15, 0.2) is 0 Å². The lowest BCUT2D eigenvalue weighted by Gasteiger charge is -2.41. The summed E-state index contributed by atoms with van der Waals surface area (Å²) in [5.74, 6) is -2.96. The van der Waals surface area contributed by atoms with Gasteiger partial charge in [-0.2, -0.15) is 0 Å². The van der Waals surface area contributed by atoms with Crippen LogP contribution in [0.4, 0.5) is 0 Å². The maximum atomic E-state index is 11.9. The summed E-state index contributed by atoms with van der Waals surface area (Å²) in [6.07, 6.45) is -1.67. The molecule has 7 nitrogen and oxygen atoms in total. The Morgan fingerprint density at radius 2 is 1.41 bits per heavy atom. The molecule has 1 aliphatic rings. The number of benzene rings is 2. The Kier molecular flexibility index (Phi) is 5.46. The zero-order valence-corrected chi connectivity index (χ0v) is 14.5. The number of rotatable bonds is 7. The second-order valence-electron chi connectivity index (χ2n) is 6.31. The molecule has 1 heterocycles. The summed E-state index contributed by atoms with van der Waals surface area (Å²) in [7, 11) is 0. The minimum atomic E-state index is -2.10. The van der Waals surface area contributed by atoms with Crippen molar-refractivity contribution in [2.45, 2.75) is 24.9 Å². The van der Waals surface area contributed by atoms with Gasteiger partial charge in [0.1, 0.15) is 6.10 Å². The first-order chi connectivity index (χ1) is 13.0. The number of aliphatic hydroxyl groups excluding tert-OH is 4. The molecule has 27 heavy (non-hydrogen) atoms. The van der Waals surface area contributed by atoms with E-state index in [0.29, 0.717) is 0 Å². The number of carbonyl (C=O) groups is 1. The van der Waals surface area contributed by atoms with Gasteiger partial charge in [-0.25, -0.2) is 9.69 Å². The standard InChI is InChI=1S/C20H21NO6/c22-13-16(23)20(18(25)17(24)19(26)27-20)21(11-14-7-3-1-4-8-14)12-15-9-5-2-6-10-15/h1-10,16,22-25H,11-13H2/t16-,20+/m0/s1. The van der Waals surface area contributed by atoms with E-state index in [0.717, 1.165) is 11.1 Å². The average molecular weight is 371 g/mol. The number of carbonyl (C=O) groups excluding carboxylic acids is 1. The third kappa shape index (κ3) is 3.52. The summed E-state index contributed by atoms with van der Waals surface area (Å²) < 4.78 is 5.24. The van der Waals surface area contributed by atoms with Gasteiger partial charge in [-0.15, -0.1) is 0 Å². The summed E-state index contributed by atoms with van der Waals surface area (Å²) in [4.78, 5) is 13.4. The Hall–Kier alpha value is -2.87. The highest BCUT2D eigenvalue weighted by Crippen LogP contribution is 2.38. The highest BCUT2D eigenvalue weighted by molar-refractivity contribution is 5.89. The number of ether oxygens (including phenoxy) is 1. The van der Waals surface area contributed by atoms with Crippen LogP contribution in [0, 0.1) is 0 Å². The third-order valence-corrected chi connectivity index (χ3v) is 4.53. The lowest BCUT2D eigenvalue weighted by atomic mass is 10.00. The number of nitrogens with zero attached hydrogens (tertiary/aromatic N) is 1. The minimum Gasteiger partial charge on any atom is -0.504 e. The number of cyclic esters (lactones) is 1. The number of hydrogen-bond donors (Lipinski definition) is 4. The van der Waals surface area contributed by atoms with Gasteiger partial charge in [-0.05, 0) is 11.1 Å². The Morgan fingerprint density at radius 3 is 1.78 bits per heavy atom. The maximum Gasteiger partial charge on any atom is 0.379 e. The molecule has 3 rings (SSSR count). The van der Waals surface area contributed by atoms with Crippen LogP contribution >= 0.6 is 0 Å². The summed E-state index contributed by atoms with van der Waals surface area (Å²) >= 11 is 0. The van der Waals surface area contributed by atoms with Crippen LogP contribution in [0.3, 0.4) is 0 Å². The monoisotopic (exact) mass is 371 g/mol. The Morgan fingerprint density at radius 1 is 0.926 bits per heavy atom. The number of hydrogen-bond acceptors (Lipinski definition) is 7. The van der Waals surface area contributed by atoms with Crippen molar-refractivity contribution in [3.05, 3.63) is 83.3 Å². The van der Waals surface area contributed by atoms with E-state index in [9.17, 15) is 25.2 Å². The third-order valence-electron chi connectivity index (χ3n) is 4.53. The molecule has 2 aromatic rings. The largest absolute Gasteiger partial charge is 0.504 e. The minimum absolute atomic E-state index is 0.178. The molecular formula is C20H21NO6. The van der Waals surface area contributed by atoms with Gasteiger partial charge in [0, 0.05) is 13.1 Å². The SMILES string of the molecule is O=C1O[C@@]([C@@H](O)CO)(N(Cc2ccccc2)Cc2ccccc2)C(O)=C1O. The molecule has 0 fully saturated rings. The predicted molar refractivity (Wildman–Crippen MR) is 96.3 cm³/mol. The van der Waals surface area contributed by atoms with Crippen LogP contribution in [0.25, 0.3) is 0 Å². The van der Waals surface area contributed by atoms with Gasteiger partial charge in [-0.1, -0.05) is 60.7 Å². The van der Waals surface area contributed by atoms with E-state index in [2.05, 4.69) is 0 Å². The summed E-state index contributed by atoms with van der Waals surface area (Å²) in [5, 5.41) is 40.4. The molecule has 4 N–H and O–H groups in total. The second kappa shape index (κ2) is 7.79. The van der Waals surface area contributed by atoms with Gasteiger partial charge < -0.3 is 25.2 Å². The Bertz CT molecular complexity index is 781. The Labute approximate surface area is 156 Å². The molecule has 0 amide bonds. The quantitative estimate of drug-likeness (QED) is 0.548. The molecule has 1 aliphatic heterocycles. The highest BCUT2D eigenvalue weighted by Gasteiger charge is 2.58. The summed E-state index contributed by atoms with van der Waals surface area (Å²) in [6, 6.07) is 18.4. The predicted octanol–water partition coefficient (Wildman–Crippen LogP) is 1.62. The van der Waals surface area contributed by atoms with Crippen LogP contribution in [0.1, 0.15) is 11.1 Å². The first-order valence-corrected chi connectivity index (χ1v) is 8.47. The van der Waals surface area contributed by atoms with Gasteiger partial charge in [0.05, 0.1) is 6.61 Å². The maximum absolute atomic E-state index is 11.9. The summed E-state index contributed by atoms with van der Waals surface area (Å²) in [5.41, 5.74) is -0.442. The fourth-order valence-electron chi connectivity index (χ4n) is 3.18. The second-order valence-corrected chi connectivity index (χ2v) is 6.31. The van der Waals surface area contributed by atoms with E-state index >= 15 is 0 Å². The smallest absolute Gasteiger partial charge is 0.379 e. The first kappa shape index (κ1) is 18.9. The fraction of sp³-hybridized carbons (Fsp3) is 0.250. The van der Waals surface area contributed by atoms with Crippen LogP contribution in [0.15, 0.2) is 72.2 Å². The molecular weight excluding hydrogens is 350 g/mol. The zero-order chi connectivity index (χ0) is 19.4. The molecule has 0 radical (unpaired) electrons. The lowest BCUT2D eigenvalue weighted by molar-refractivity contribution is -0.208. The fourth-order valence-corrected chi connectivity index (χ4v) is 3.18. The van der Waals surface area contributed by atoms with Gasteiger partial charge in [-0.3, -0.25) is 0 Å². The number of aliphatic hydroxyl groups is 4. The molecule has 2 atom stereocenters. The van der Waals surface area contributed by atoms with Crippen molar-refractivity contribution in [1.29, 1.82) is 0 Å². The molecule has 0 aromatic heterocycles. The van der Waals surface area contributed by atoms with Crippen LogP contribution in [-0.4, -0.2) is 49.7 Å². The number of esters is 1. The highest BCUT2D eigenvalue weighted by atomic mass is 16.6.